The second kappa shape index (κ2) is 6.86. The van der Waals surface area contributed by atoms with Crippen LogP contribution in [0.2, 0.25) is 0 Å². The van der Waals surface area contributed by atoms with Crippen LogP contribution in [0.25, 0.3) is 0 Å². The van der Waals surface area contributed by atoms with Crippen LogP contribution in [0.15, 0.2) is 24.5 Å². The second-order valence-corrected chi connectivity index (χ2v) is 5.22. The lowest BCUT2D eigenvalue weighted by atomic mass is 9.90. The van der Waals surface area contributed by atoms with Gasteiger partial charge in [-0.05, 0) is 50.6 Å². The minimum atomic E-state index is 0.704. The second-order valence-electron chi connectivity index (χ2n) is 5.22. The maximum Gasteiger partial charge on any atom is 0.0271 e. The van der Waals surface area contributed by atoms with Gasteiger partial charge in [-0.1, -0.05) is 13.3 Å². The summed E-state index contributed by atoms with van der Waals surface area (Å²) in [5, 5.41) is 3.44. The van der Waals surface area contributed by atoms with Gasteiger partial charge in [-0.15, -0.1) is 0 Å². The van der Waals surface area contributed by atoms with Gasteiger partial charge in [0.05, 0.1) is 0 Å². The van der Waals surface area contributed by atoms with Gasteiger partial charge in [-0.3, -0.25) is 9.88 Å². The van der Waals surface area contributed by atoms with Crippen molar-refractivity contribution in [3.8, 4) is 0 Å². The third-order valence-electron chi connectivity index (χ3n) is 4.11. The molecule has 1 fully saturated rings. The number of rotatable bonds is 5. The molecule has 0 radical (unpaired) electrons. The Morgan fingerprint density at radius 1 is 1.33 bits per heavy atom. The van der Waals surface area contributed by atoms with E-state index in [4.69, 9.17) is 0 Å². The summed E-state index contributed by atoms with van der Waals surface area (Å²) in [7, 11) is 2.09. The van der Waals surface area contributed by atoms with Gasteiger partial charge in [0.2, 0.25) is 0 Å². The highest BCUT2D eigenvalue weighted by molar-refractivity contribution is 5.09. The SMILES string of the molecule is CCN(Cc1ccncc1)C1CCCC(NC)C1. The molecule has 2 unspecified atom stereocenters. The van der Waals surface area contributed by atoms with Crippen LogP contribution in [-0.2, 0) is 6.54 Å². The zero-order valence-corrected chi connectivity index (χ0v) is 11.6. The Hall–Kier alpha value is -0.930. The molecular formula is C15H25N3. The fourth-order valence-corrected chi connectivity index (χ4v) is 2.98. The Bertz CT molecular complexity index is 339. The highest BCUT2D eigenvalue weighted by atomic mass is 15.2. The highest BCUT2D eigenvalue weighted by Gasteiger charge is 2.25. The molecule has 1 aliphatic rings. The van der Waals surface area contributed by atoms with E-state index in [0.717, 1.165) is 19.1 Å². The van der Waals surface area contributed by atoms with Crippen LogP contribution in [0.4, 0.5) is 0 Å². The predicted molar refractivity (Wildman–Crippen MR) is 75.4 cm³/mol. The number of hydrogen-bond donors (Lipinski definition) is 1. The summed E-state index contributed by atoms with van der Waals surface area (Å²) >= 11 is 0. The maximum atomic E-state index is 4.09. The predicted octanol–water partition coefficient (Wildman–Crippen LogP) is 2.43. The first-order valence-electron chi connectivity index (χ1n) is 7.13. The van der Waals surface area contributed by atoms with Crippen LogP contribution in [0.3, 0.4) is 0 Å². The van der Waals surface area contributed by atoms with Crippen LogP contribution >= 0.6 is 0 Å². The fourth-order valence-electron chi connectivity index (χ4n) is 2.98. The zero-order valence-electron chi connectivity index (χ0n) is 11.6. The number of nitrogens with zero attached hydrogens (tertiary/aromatic N) is 2. The number of nitrogens with one attached hydrogen (secondary N) is 1. The summed E-state index contributed by atoms with van der Waals surface area (Å²) in [5.74, 6) is 0. The van der Waals surface area contributed by atoms with Crippen LogP contribution < -0.4 is 5.32 Å². The molecule has 3 heteroatoms. The summed E-state index contributed by atoms with van der Waals surface area (Å²) in [4.78, 5) is 6.70. The number of hydrogen-bond acceptors (Lipinski definition) is 3. The average molecular weight is 247 g/mol. The van der Waals surface area contributed by atoms with Crippen molar-refractivity contribution in [1.82, 2.24) is 15.2 Å². The molecule has 1 aromatic heterocycles. The maximum absolute atomic E-state index is 4.09. The summed E-state index contributed by atoms with van der Waals surface area (Å²) in [5.41, 5.74) is 1.37. The van der Waals surface area contributed by atoms with Crippen molar-refractivity contribution in [2.75, 3.05) is 13.6 Å². The minimum Gasteiger partial charge on any atom is -0.317 e. The van der Waals surface area contributed by atoms with E-state index in [-0.39, 0.29) is 0 Å². The lowest BCUT2D eigenvalue weighted by Gasteiger charge is -2.37. The molecule has 0 saturated heterocycles. The Kier molecular flexibility index (Phi) is 5.14. The van der Waals surface area contributed by atoms with Crippen molar-refractivity contribution in [3.63, 3.8) is 0 Å². The van der Waals surface area contributed by atoms with E-state index >= 15 is 0 Å². The summed E-state index contributed by atoms with van der Waals surface area (Å²) in [6.45, 7) is 4.45. The number of aromatic nitrogens is 1. The number of pyridine rings is 1. The van der Waals surface area contributed by atoms with Gasteiger partial charge in [0, 0.05) is 31.0 Å². The molecule has 0 bridgehead atoms. The third kappa shape index (κ3) is 3.53. The smallest absolute Gasteiger partial charge is 0.0271 e. The molecule has 0 amide bonds. The summed E-state index contributed by atoms with van der Waals surface area (Å²) in [6.07, 6.45) is 9.09. The van der Waals surface area contributed by atoms with E-state index in [2.05, 4.69) is 41.3 Å². The molecule has 1 aliphatic carbocycles. The molecular weight excluding hydrogens is 222 g/mol. The first kappa shape index (κ1) is 13.5. The molecule has 0 aromatic carbocycles. The van der Waals surface area contributed by atoms with Crippen LogP contribution in [-0.4, -0.2) is 35.6 Å². The third-order valence-corrected chi connectivity index (χ3v) is 4.11. The monoisotopic (exact) mass is 247 g/mol. The summed E-state index contributed by atoms with van der Waals surface area (Å²) < 4.78 is 0. The lowest BCUT2D eigenvalue weighted by molar-refractivity contribution is 0.140. The van der Waals surface area contributed by atoms with Gasteiger partial charge in [-0.25, -0.2) is 0 Å². The van der Waals surface area contributed by atoms with Crippen molar-refractivity contribution in [1.29, 1.82) is 0 Å². The van der Waals surface area contributed by atoms with Crippen LogP contribution in [0.5, 0.6) is 0 Å². The van der Waals surface area contributed by atoms with E-state index < -0.39 is 0 Å². The van der Waals surface area contributed by atoms with Crippen LogP contribution in [0, 0.1) is 0 Å². The van der Waals surface area contributed by atoms with Gasteiger partial charge in [0.15, 0.2) is 0 Å². The minimum absolute atomic E-state index is 0.704. The van der Waals surface area contributed by atoms with Crippen molar-refractivity contribution < 1.29 is 0 Å². The summed E-state index contributed by atoms with van der Waals surface area (Å²) in [6, 6.07) is 5.69. The first-order valence-corrected chi connectivity index (χ1v) is 7.13. The van der Waals surface area contributed by atoms with Crippen molar-refractivity contribution in [3.05, 3.63) is 30.1 Å². The molecule has 3 nitrogen and oxygen atoms in total. The van der Waals surface area contributed by atoms with E-state index in [0.29, 0.717) is 6.04 Å². The van der Waals surface area contributed by atoms with E-state index in [1.54, 1.807) is 0 Å². The molecule has 18 heavy (non-hydrogen) atoms. The molecule has 2 atom stereocenters. The van der Waals surface area contributed by atoms with Gasteiger partial charge < -0.3 is 5.32 Å². The molecule has 0 aliphatic heterocycles. The average Bonchev–Trinajstić information content (AvgIpc) is 2.46. The Morgan fingerprint density at radius 3 is 2.78 bits per heavy atom. The van der Waals surface area contributed by atoms with Gasteiger partial charge in [0.25, 0.3) is 0 Å². The lowest BCUT2D eigenvalue weighted by Crippen LogP contribution is -2.43. The molecule has 1 N–H and O–H groups in total. The van der Waals surface area contributed by atoms with Crippen LogP contribution in [0.1, 0.15) is 38.2 Å². The largest absolute Gasteiger partial charge is 0.317 e. The standard InChI is InChI=1S/C15H25N3/c1-3-18(12-13-7-9-17-10-8-13)15-6-4-5-14(11-15)16-2/h7-10,14-16H,3-6,11-12H2,1-2H3. The van der Waals surface area contributed by atoms with Gasteiger partial charge in [-0.2, -0.15) is 0 Å². The molecule has 1 aromatic rings. The molecule has 0 spiro atoms. The Balaban J connectivity index is 1.95. The van der Waals surface area contributed by atoms with E-state index in [9.17, 15) is 0 Å². The normalized spacial score (nSPS) is 24.4. The molecule has 1 saturated carbocycles. The topological polar surface area (TPSA) is 28.2 Å². The van der Waals surface area contributed by atoms with Crippen molar-refractivity contribution >= 4 is 0 Å². The molecule has 1 heterocycles. The highest BCUT2D eigenvalue weighted by Crippen LogP contribution is 2.24. The van der Waals surface area contributed by atoms with Gasteiger partial charge >= 0.3 is 0 Å². The zero-order chi connectivity index (χ0) is 12.8. The molecule has 2 rings (SSSR count). The van der Waals surface area contributed by atoms with E-state index in [1.807, 2.05) is 12.4 Å². The van der Waals surface area contributed by atoms with Crippen molar-refractivity contribution in [2.24, 2.45) is 0 Å². The quantitative estimate of drug-likeness (QED) is 0.866. The van der Waals surface area contributed by atoms with Crippen molar-refractivity contribution in [2.45, 2.75) is 51.2 Å². The van der Waals surface area contributed by atoms with Gasteiger partial charge in [0.1, 0.15) is 0 Å². The Morgan fingerprint density at radius 2 is 2.11 bits per heavy atom. The Labute approximate surface area is 111 Å². The van der Waals surface area contributed by atoms with E-state index in [1.165, 1.54) is 31.2 Å². The fraction of sp³-hybridized carbons (Fsp3) is 0.667. The first-order chi connectivity index (χ1) is 8.83. The molecule has 100 valence electrons.